The molecule has 1 aromatic heterocycles. The van der Waals surface area contributed by atoms with Crippen molar-refractivity contribution in [2.45, 2.75) is 32.7 Å². The molecular weight excluding hydrogens is 220 g/mol. The van der Waals surface area contributed by atoms with Crippen molar-refractivity contribution in [3.63, 3.8) is 0 Å². The molecule has 0 unspecified atom stereocenters. The molecule has 0 aliphatic rings. The third-order valence-electron chi connectivity index (χ3n) is 3.38. The standard InChI is InChI=1S/C16H18N2/c1-3-13(2)18-15(9-10-16(18)12-17)11-14-7-5-4-6-8-14/h4-10,13H,3,11H2,1-2H3/t13-/m1/s1. The number of benzene rings is 1. The molecule has 1 atom stereocenters. The Hall–Kier alpha value is -2.01. The first-order chi connectivity index (χ1) is 8.76. The topological polar surface area (TPSA) is 28.7 Å². The van der Waals surface area contributed by atoms with Crippen molar-refractivity contribution in [3.05, 3.63) is 59.4 Å². The second kappa shape index (κ2) is 5.55. The Kier molecular flexibility index (Phi) is 3.84. The highest BCUT2D eigenvalue weighted by Gasteiger charge is 2.12. The van der Waals surface area contributed by atoms with Crippen molar-refractivity contribution in [3.8, 4) is 6.07 Å². The van der Waals surface area contributed by atoms with Gasteiger partial charge in [-0.15, -0.1) is 0 Å². The van der Waals surface area contributed by atoms with E-state index in [-0.39, 0.29) is 0 Å². The molecule has 0 aliphatic heterocycles. The van der Waals surface area contributed by atoms with Crippen molar-refractivity contribution in [2.75, 3.05) is 0 Å². The van der Waals surface area contributed by atoms with Crippen LogP contribution in [0.4, 0.5) is 0 Å². The number of aromatic nitrogens is 1. The van der Waals surface area contributed by atoms with Crippen molar-refractivity contribution >= 4 is 0 Å². The van der Waals surface area contributed by atoms with E-state index in [1.807, 2.05) is 12.1 Å². The third-order valence-corrected chi connectivity index (χ3v) is 3.38. The SMILES string of the molecule is CC[C@@H](C)n1c(C#N)ccc1Cc1ccccc1. The van der Waals surface area contributed by atoms with Crippen LogP contribution in [0.3, 0.4) is 0 Å². The van der Waals surface area contributed by atoms with E-state index in [0.717, 1.165) is 18.5 Å². The molecule has 2 aromatic rings. The quantitative estimate of drug-likeness (QED) is 0.793. The first kappa shape index (κ1) is 12.4. The van der Waals surface area contributed by atoms with E-state index in [4.69, 9.17) is 0 Å². The molecule has 0 aliphatic carbocycles. The summed E-state index contributed by atoms with van der Waals surface area (Å²) in [6.45, 7) is 4.31. The zero-order chi connectivity index (χ0) is 13.0. The molecule has 2 rings (SSSR count). The molecule has 0 spiro atoms. The van der Waals surface area contributed by atoms with Crippen molar-refractivity contribution in [1.82, 2.24) is 4.57 Å². The number of rotatable bonds is 4. The van der Waals surface area contributed by atoms with Gasteiger partial charge in [-0.3, -0.25) is 0 Å². The van der Waals surface area contributed by atoms with E-state index in [0.29, 0.717) is 6.04 Å². The van der Waals surface area contributed by atoms with Crippen molar-refractivity contribution < 1.29 is 0 Å². The number of nitriles is 1. The fourth-order valence-corrected chi connectivity index (χ4v) is 2.23. The summed E-state index contributed by atoms with van der Waals surface area (Å²) in [5, 5.41) is 9.17. The van der Waals surface area contributed by atoms with Crippen LogP contribution < -0.4 is 0 Å². The molecule has 1 heterocycles. The highest BCUT2D eigenvalue weighted by molar-refractivity contribution is 5.31. The lowest BCUT2D eigenvalue weighted by molar-refractivity contribution is 0.513. The molecular formula is C16H18N2. The molecule has 0 radical (unpaired) electrons. The van der Waals surface area contributed by atoms with Gasteiger partial charge in [0, 0.05) is 18.2 Å². The highest BCUT2D eigenvalue weighted by Crippen LogP contribution is 2.21. The minimum absolute atomic E-state index is 0.369. The van der Waals surface area contributed by atoms with Gasteiger partial charge in [-0.25, -0.2) is 0 Å². The Balaban J connectivity index is 2.34. The van der Waals surface area contributed by atoms with E-state index in [2.05, 4.69) is 54.8 Å². The van der Waals surface area contributed by atoms with Gasteiger partial charge < -0.3 is 4.57 Å². The number of nitrogens with zero attached hydrogens (tertiary/aromatic N) is 2. The Labute approximate surface area is 108 Å². The zero-order valence-corrected chi connectivity index (χ0v) is 10.9. The summed E-state index contributed by atoms with van der Waals surface area (Å²) in [5.41, 5.74) is 3.26. The number of hydrogen-bond acceptors (Lipinski definition) is 1. The molecule has 0 fully saturated rings. The van der Waals surface area contributed by atoms with E-state index >= 15 is 0 Å². The molecule has 0 bridgehead atoms. The van der Waals surface area contributed by atoms with Crippen LogP contribution in [0, 0.1) is 11.3 Å². The van der Waals surface area contributed by atoms with E-state index < -0.39 is 0 Å². The lowest BCUT2D eigenvalue weighted by Crippen LogP contribution is -2.10. The molecule has 92 valence electrons. The molecule has 18 heavy (non-hydrogen) atoms. The van der Waals surface area contributed by atoms with Crippen LogP contribution in [0.2, 0.25) is 0 Å². The normalized spacial score (nSPS) is 12.1. The maximum Gasteiger partial charge on any atom is 0.120 e. The lowest BCUT2D eigenvalue weighted by atomic mass is 10.1. The van der Waals surface area contributed by atoms with Gasteiger partial charge in [-0.05, 0) is 31.0 Å². The molecule has 2 nitrogen and oxygen atoms in total. The van der Waals surface area contributed by atoms with Crippen LogP contribution in [-0.4, -0.2) is 4.57 Å². The summed E-state index contributed by atoms with van der Waals surface area (Å²) in [5.74, 6) is 0. The Morgan fingerprint density at radius 1 is 1.17 bits per heavy atom. The van der Waals surface area contributed by atoms with Gasteiger partial charge in [0.25, 0.3) is 0 Å². The summed E-state index contributed by atoms with van der Waals surface area (Å²) in [7, 11) is 0. The summed E-state index contributed by atoms with van der Waals surface area (Å²) in [6.07, 6.45) is 1.91. The Morgan fingerprint density at radius 2 is 1.89 bits per heavy atom. The van der Waals surface area contributed by atoms with Gasteiger partial charge in [-0.1, -0.05) is 37.3 Å². The van der Waals surface area contributed by atoms with E-state index in [1.165, 1.54) is 11.3 Å². The van der Waals surface area contributed by atoms with E-state index in [1.54, 1.807) is 0 Å². The molecule has 0 saturated carbocycles. The predicted octanol–water partition coefficient (Wildman–Crippen LogP) is 3.92. The van der Waals surface area contributed by atoms with Gasteiger partial charge in [0.2, 0.25) is 0 Å². The second-order valence-electron chi connectivity index (χ2n) is 4.61. The molecule has 0 saturated heterocycles. The smallest absolute Gasteiger partial charge is 0.120 e. The van der Waals surface area contributed by atoms with Crippen LogP contribution >= 0.6 is 0 Å². The molecule has 0 N–H and O–H groups in total. The number of hydrogen-bond donors (Lipinski definition) is 0. The van der Waals surface area contributed by atoms with Gasteiger partial charge in [0.15, 0.2) is 0 Å². The Bertz CT molecular complexity index is 546. The summed E-state index contributed by atoms with van der Waals surface area (Å²) in [4.78, 5) is 0. The largest absolute Gasteiger partial charge is 0.333 e. The second-order valence-corrected chi connectivity index (χ2v) is 4.61. The first-order valence-corrected chi connectivity index (χ1v) is 6.40. The third kappa shape index (κ3) is 2.46. The fourth-order valence-electron chi connectivity index (χ4n) is 2.23. The first-order valence-electron chi connectivity index (χ1n) is 6.40. The Morgan fingerprint density at radius 3 is 2.50 bits per heavy atom. The summed E-state index contributed by atoms with van der Waals surface area (Å²) >= 11 is 0. The molecule has 0 amide bonds. The fraction of sp³-hybridized carbons (Fsp3) is 0.312. The van der Waals surface area contributed by atoms with Crippen LogP contribution in [0.15, 0.2) is 42.5 Å². The van der Waals surface area contributed by atoms with Crippen molar-refractivity contribution in [2.24, 2.45) is 0 Å². The average Bonchev–Trinajstić information content (AvgIpc) is 2.82. The highest BCUT2D eigenvalue weighted by atomic mass is 15.0. The van der Waals surface area contributed by atoms with Crippen molar-refractivity contribution in [1.29, 1.82) is 5.26 Å². The molecule has 2 heteroatoms. The monoisotopic (exact) mass is 238 g/mol. The maximum absolute atomic E-state index is 9.17. The minimum Gasteiger partial charge on any atom is -0.333 e. The van der Waals surface area contributed by atoms with Crippen LogP contribution in [0.5, 0.6) is 0 Å². The van der Waals surface area contributed by atoms with E-state index in [9.17, 15) is 5.26 Å². The average molecular weight is 238 g/mol. The van der Waals surface area contributed by atoms with Gasteiger partial charge in [-0.2, -0.15) is 5.26 Å². The van der Waals surface area contributed by atoms with Crippen LogP contribution in [0.25, 0.3) is 0 Å². The predicted molar refractivity (Wildman–Crippen MR) is 73.4 cm³/mol. The van der Waals surface area contributed by atoms with Gasteiger partial charge in [0.05, 0.1) is 0 Å². The summed E-state index contributed by atoms with van der Waals surface area (Å²) < 4.78 is 2.16. The maximum atomic E-state index is 9.17. The van der Waals surface area contributed by atoms with Crippen LogP contribution in [0.1, 0.15) is 43.3 Å². The molecule has 1 aromatic carbocycles. The van der Waals surface area contributed by atoms with Crippen LogP contribution in [-0.2, 0) is 6.42 Å². The van der Waals surface area contributed by atoms with Gasteiger partial charge >= 0.3 is 0 Å². The summed E-state index contributed by atoms with van der Waals surface area (Å²) in [6, 6.07) is 17.0. The minimum atomic E-state index is 0.369. The lowest BCUT2D eigenvalue weighted by Gasteiger charge is -2.17. The van der Waals surface area contributed by atoms with Gasteiger partial charge in [0.1, 0.15) is 11.8 Å². The zero-order valence-electron chi connectivity index (χ0n) is 10.9.